The number of anilines is 3. The molecule has 1 aliphatic heterocycles. The Balaban J connectivity index is 1.64. The van der Waals surface area contributed by atoms with Crippen LogP contribution in [0.25, 0.3) is 33.5 Å². The molecule has 178 valence electrons. The molecule has 0 amide bonds. The molecule has 0 bridgehead atoms. The van der Waals surface area contributed by atoms with Gasteiger partial charge in [0, 0.05) is 50.8 Å². The van der Waals surface area contributed by atoms with Gasteiger partial charge in [-0.25, -0.2) is 9.97 Å². The lowest BCUT2D eigenvalue weighted by Gasteiger charge is -2.24. The molecular weight excluding hydrogens is 480 g/mol. The summed E-state index contributed by atoms with van der Waals surface area (Å²) >= 11 is 3.83. The van der Waals surface area contributed by atoms with Crippen LogP contribution in [0, 0.1) is 6.92 Å². The third kappa shape index (κ3) is 4.21. The molecule has 6 rings (SSSR count). The van der Waals surface area contributed by atoms with Gasteiger partial charge in [0.15, 0.2) is 0 Å². The topological polar surface area (TPSA) is 49.8 Å². The zero-order chi connectivity index (χ0) is 24.5. The van der Waals surface area contributed by atoms with Crippen LogP contribution in [0.2, 0.25) is 0 Å². The van der Waals surface area contributed by atoms with Crippen molar-refractivity contribution in [2.24, 2.45) is 0 Å². The molecule has 0 atom stereocenters. The SMILES string of the molecule is CNc1ccc(Nc2c3c(c(C)c4nc(-c5ccccc5)c(-c5ccccc5)nc24)SCCS3)cc1. The number of nitrogens with zero attached hydrogens (tertiary/aromatic N) is 2. The Bertz CT molecular complexity index is 1540. The van der Waals surface area contributed by atoms with Crippen molar-refractivity contribution in [2.75, 3.05) is 29.2 Å². The van der Waals surface area contributed by atoms with Gasteiger partial charge in [-0.15, -0.1) is 23.5 Å². The van der Waals surface area contributed by atoms with Gasteiger partial charge in [-0.2, -0.15) is 0 Å². The monoisotopic (exact) mass is 506 g/mol. The lowest BCUT2D eigenvalue weighted by molar-refractivity contribution is 1.14. The van der Waals surface area contributed by atoms with Gasteiger partial charge < -0.3 is 10.6 Å². The van der Waals surface area contributed by atoms with E-state index >= 15 is 0 Å². The van der Waals surface area contributed by atoms with E-state index in [1.807, 2.05) is 42.7 Å². The number of thioether (sulfide) groups is 2. The Hall–Kier alpha value is -3.48. The number of rotatable bonds is 5. The Labute approximate surface area is 220 Å². The Morgan fingerprint density at radius 1 is 0.639 bits per heavy atom. The normalized spacial score (nSPS) is 12.8. The van der Waals surface area contributed by atoms with Crippen molar-refractivity contribution in [1.29, 1.82) is 0 Å². The molecule has 2 heterocycles. The zero-order valence-corrected chi connectivity index (χ0v) is 21.8. The summed E-state index contributed by atoms with van der Waals surface area (Å²) in [6.45, 7) is 2.19. The molecule has 0 spiro atoms. The first-order chi connectivity index (χ1) is 17.7. The summed E-state index contributed by atoms with van der Waals surface area (Å²) in [5, 5.41) is 6.92. The highest BCUT2D eigenvalue weighted by molar-refractivity contribution is 8.05. The molecular formula is C30H26N4S2. The highest BCUT2D eigenvalue weighted by Crippen LogP contribution is 2.48. The number of aryl methyl sites for hydroxylation is 1. The van der Waals surface area contributed by atoms with Crippen molar-refractivity contribution < 1.29 is 0 Å². The van der Waals surface area contributed by atoms with Gasteiger partial charge in [-0.3, -0.25) is 0 Å². The van der Waals surface area contributed by atoms with Crippen molar-refractivity contribution >= 4 is 51.6 Å². The van der Waals surface area contributed by atoms with E-state index in [9.17, 15) is 0 Å². The summed E-state index contributed by atoms with van der Waals surface area (Å²) in [4.78, 5) is 13.3. The summed E-state index contributed by atoms with van der Waals surface area (Å²) in [6, 6.07) is 29.1. The molecule has 5 aromatic rings. The average molecular weight is 507 g/mol. The minimum Gasteiger partial charge on any atom is -0.388 e. The predicted octanol–water partition coefficient (Wildman–Crippen LogP) is 8.26. The first-order valence-electron chi connectivity index (χ1n) is 12.0. The third-order valence-electron chi connectivity index (χ3n) is 6.38. The van der Waals surface area contributed by atoms with Gasteiger partial charge in [0.05, 0.1) is 22.6 Å². The lowest BCUT2D eigenvalue weighted by Crippen LogP contribution is -2.06. The smallest absolute Gasteiger partial charge is 0.114 e. The molecule has 4 aromatic carbocycles. The van der Waals surface area contributed by atoms with E-state index in [2.05, 4.69) is 90.4 Å². The second-order valence-corrected chi connectivity index (χ2v) is 10.9. The number of aromatic nitrogens is 2. The van der Waals surface area contributed by atoms with Crippen LogP contribution in [0.4, 0.5) is 17.1 Å². The highest BCUT2D eigenvalue weighted by Gasteiger charge is 2.25. The fourth-order valence-electron chi connectivity index (χ4n) is 4.54. The van der Waals surface area contributed by atoms with Crippen LogP contribution in [0.1, 0.15) is 5.56 Å². The van der Waals surface area contributed by atoms with Crippen LogP contribution >= 0.6 is 23.5 Å². The Kier molecular flexibility index (Phi) is 6.30. The van der Waals surface area contributed by atoms with Gasteiger partial charge in [-0.1, -0.05) is 60.7 Å². The molecule has 0 fully saturated rings. The van der Waals surface area contributed by atoms with Crippen molar-refractivity contribution in [3.05, 3.63) is 90.5 Å². The van der Waals surface area contributed by atoms with E-state index in [0.717, 1.165) is 62.1 Å². The van der Waals surface area contributed by atoms with Crippen LogP contribution in [-0.2, 0) is 0 Å². The molecule has 4 nitrogen and oxygen atoms in total. The van der Waals surface area contributed by atoms with E-state index in [-0.39, 0.29) is 0 Å². The standard InChI is InChI=1S/C30H26N4S2/c1-19-24-27(28(30-29(19)35-17-18-36-30)32-23-15-13-22(31-2)14-16-23)34-26(21-11-7-4-8-12-21)25(33-24)20-9-5-3-6-10-20/h3-16,31-32H,17-18H2,1-2H3. The number of benzene rings is 4. The first-order valence-corrected chi connectivity index (χ1v) is 14.0. The Morgan fingerprint density at radius 2 is 1.17 bits per heavy atom. The summed E-state index contributed by atoms with van der Waals surface area (Å²) in [5.41, 5.74) is 10.2. The second kappa shape index (κ2) is 9.88. The van der Waals surface area contributed by atoms with Crippen LogP contribution < -0.4 is 10.6 Å². The predicted molar refractivity (Wildman–Crippen MR) is 156 cm³/mol. The summed E-state index contributed by atoms with van der Waals surface area (Å²) in [6.07, 6.45) is 0. The fourth-order valence-corrected chi connectivity index (χ4v) is 7.10. The molecule has 2 N–H and O–H groups in total. The summed E-state index contributed by atoms with van der Waals surface area (Å²) in [5.74, 6) is 2.18. The maximum absolute atomic E-state index is 5.36. The van der Waals surface area contributed by atoms with Gasteiger partial charge in [0.1, 0.15) is 5.52 Å². The average Bonchev–Trinajstić information content (AvgIpc) is 2.96. The molecule has 1 aliphatic rings. The van der Waals surface area contributed by atoms with Crippen molar-refractivity contribution in [3.8, 4) is 22.5 Å². The van der Waals surface area contributed by atoms with Crippen LogP contribution in [0.15, 0.2) is 94.7 Å². The van der Waals surface area contributed by atoms with Gasteiger partial charge in [0.2, 0.25) is 0 Å². The van der Waals surface area contributed by atoms with E-state index < -0.39 is 0 Å². The molecule has 0 unspecified atom stereocenters. The maximum atomic E-state index is 5.36. The van der Waals surface area contributed by atoms with Gasteiger partial charge >= 0.3 is 0 Å². The van der Waals surface area contributed by atoms with Crippen molar-refractivity contribution in [1.82, 2.24) is 9.97 Å². The molecule has 0 saturated heterocycles. The van der Waals surface area contributed by atoms with Crippen molar-refractivity contribution in [3.63, 3.8) is 0 Å². The first kappa shape index (κ1) is 23.0. The molecule has 0 saturated carbocycles. The number of hydrogen-bond donors (Lipinski definition) is 2. The fraction of sp³-hybridized carbons (Fsp3) is 0.133. The van der Waals surface area contributed by atoms with E-state index in [1.165, 1.54) is 15.4 Å². The molecule has 6 heteroatoms. The molecule has 0 radical (unpaired) electrons. The minimum atomic E-state index is 0.899. The third-order valence-corrected chi connectivity index (χ3v) is 9.08. The molecule has 1 aromatic heterocycles. The quantitative estimate of drug-likeness (QED) is 0.250. The maximum Gasteiger partial charge on any atom is 0.114 e. The number of fused-ring (bicyclic) bond motifs is 2. The van der Waals surface area contributed by atoms with Crippen LogP contribution in [0.3, 0.4) is 0 Å². The summed E-state index contributed by atoms with van der Waals surface area (Å²) in [7, 11) is 1.94. The van der Waals surface area contributed by atoms with Gasteiger partial charge in [-0.05, 0) is 36.8 Å². The molecule has 36 heavy (non-hydrogen) atoms. The molecule has 0 aliphatic carbocycles. The van der Waals surface area contributed by atoms with Crippen LogP contribution in [0.5, 0.6) is 0 Å². The largest absolute Gasteiger partial charge is 0.388 e. The van der Waals surface area contributed by atoms with E-state index in [4.69, 9.17) is 9.97 Å². The summed E-state index contributed by atoms with van der Waals surface area (Å²) < 4.78 is 0. The van der Waals surface area contributed by atoms with Crippen molar-refractivity contribution in [2.45, 2.75) is 16.7 Å². The van der Waals surface area contributed by atoms with E-state index in [1.54, 1.807) is 0 Å². The Morgan fingerprint density at radius 3 is 1.75 bits per heavy atom. The zero-order valence-electron chi connectivity index (χ0n) is 20.2. The minimum absolute atomic E-state index is 0.899. The van der Waals surface area contributed by atoms with E-state index in [0.29, 0.717) is 0 Å². The highest BCUT2D eigenvalue weighted by atomic mass is 32.2. The van der Waals surface area contributed by atoms with Gasteiger partial charge in [0.25, 0.3) is 0 Å². The van der Waals surface area contributed by atoms with Crippen LogP contribution in [-0.4, -0.2) is 28.5 Å². The number of nitrogens with one attached hydrogen (secondary N) is 2. The lowest BCUT2D eigenvalue weighted by atomic mass is 10.0. The second-order valence-electron chi connectivity index (χ2n) is 8.66. The number of hydrogen-bond acceptors (Lipinski definition) is 6.